The summed E-state index contributed by atoms with van der Waals surface area (Å²) >= 11 is 6.45. The van der Waals surface area contributed by atoms with Crippen LogP contribution in [0.5, 0.6) is 11.5 Å². The summed E-state index contributed by atoms with van der Waals surface area (Å²) < 4.78 is 39.3. The minimum atomic E-state index is -3.16. The molecule has 1 fully saturated rings. The van der Waals surface area contributed by atoms with Crippen LogP contribution in [-0.2, 0) is 10.0 Å². The van der Waals surface area contributed by atoms with Crippen LogP contribution in [0, 0.1) is 17.2 Å². The number of nitrogens with one attached hydrogen (secondary N) is 1. The SMILES string of the molecule is CCCOc1c(Cl)cc(-n2ccc3cc(OCC4CCC(NS(C)(=O)=O)CC4)ccc32)cc1C#N. The number of fused-ring (bicyclic) bond motifs is 1. The molecular formula is C26H30ClN3O4S. The van der Waals surface area contributed by atoms with Gasteiger partial charge in [0.25, 0.3) is 0 Å². The third kappa shape index (κ3) is 6.29. The fourth-order valence-electron chi connectivity index (χ4n) is 4.55. The first-order chi connectivity index (χ1) is 16.8. The van der Waals surface area contributed by atoms with E-state index in [2.05, 4.69) is 10.8 Å². The highest BCUT2D eigenvalue weighted by molar-refractivity contribution is 7.88. The maximum atomic E-state index is 11.4. The van der Waals surface area contributed by atoms with Gasteiger partial charge in [-0.3, -0.25) is 0 Å². The molecule has 1 aliphatic rings. The molecule has 0 saturated heterocycles. The summed E-state index contributed by atoms with van der Waals surface area (Å²) in [6, 6.07) is 13.8. The van der Waals surface area contributed by atoms with Crippen molar-refractivity contribution in [3.8, 4) is 23.3 Å². The smallest absolute Gasteiger partial charge is 0.208 e. The summed E-state index contributed by atoms with van der Waals surface area (Å²) in [6.07, 6.45) is 7.52. The van der Waals surface area contributed by atoms with Crippen molar-refractivity contribution >= 4 is 32.5 Å². The molecule has 186 valence electrons. The van der Waals surface area contributed by atoms with Crippen molar-refractivity contribution in [2.24, 2.45) is 5.92 Å². The first kappa shape index (κ1) is 25.4. The molecule has 0 atom stereocenters. The molecule has 1 heterocycles. The average Bonchev–Trinajstić information content (AvgIpc) is 3.25. The minimum absolute atomic E-state index is 0.0275. The van der Waals surface area contributed by atoms with Gasteiger partial charge in [0, 0.05) is 23.3 Å². The predicted octanol–water partition coefficient (Wildman–Crippen LogP) is 5.43. The number of halogens is 1. The number of ether oxygens (including phenoxy) is 2. The first-order valence-electron chi connectivity index (χ1n) is 11.9. The number of rotatable bonds is 9. The van der Waals surface area contributed by atoms with Crippen LogP contribution in [0.4, 0.5) is 0 Å². The summed E-state index contributed by atoms with van der Waals surface area (Å²) in [4.78, 5) is 0. The molecule has 2 aromatic carbocycles. The topological polar surface area (TPSA) is 93.3 Å². The largest absolute Gasteiger partial charge is 0.493 e. The summed E-state index contributed by atoms with van der Waals surface area (Å²) in [7, 11) is -3.16. The number of nitriles is 1. The van der Waals surface area contributed by atoms with Crippen LogP contribution in [0.3, 0.4) is 0 Å². The third-order valence-corrected chi connectivity index (χ3v) is 7.29. The van der Waals surface area contributed by atoms with Crippen molar-refractivity contribution in [3.05, 3.63) is 53.2 Å². The number of sulfonamides is 1. The van der Waals surface area contributed by atoms with E-state index in [0.717, 1.165) is 54.4 Å². The lowest BCUT2D eigenvalue weighted by Gasteiger charge is -2.28. The summed E-state index contributed by atoms with van der Waals surface area (Å²) in [5.74, 6) is 1.63. The standard InChI is InChI=1S/C26H30ClN3O4S/c1-3-12-33-26-20(16-28)13-22(15-24(26)27)30-11-10-19-14-23(8-9-25(19)30)34-17-18-4-6-21(7-5-18)29-35(2,31)32/h8-11,13-15,18,21,29H,3-7,12,17H2,1-2H3. The lowest BCUT2D eigenvalue weighted by Crippen LogP contribution is -2.37. The number of nitrogens with zero attached hydrogens (tertiary/aromatic N) is 2. The van der Waals surface area contributed by atoms with E-state index in [9.17, 15) is 13.7 Å². The Morgan fingerprint density at radius 3 is 2.60 bits per heavy atom. The number of hydrogen-bond acceptors (Lipinski definition) is 5. The molecule has 1 aliphatic carbocycles. The lowest BCUT2D eigenvalue weighted by molar-refractivity contribution is 0.197. The molecule has 3 aromatic rings. The molecular weight excluding hydrogens is 486 g/mol. The van der Waals surface area contributed by atoms with Crippen molar-refractivity contribution < 1.29 is 17.9 Å². The third-order valence-electron chi connectivity index (χ3n) is 6.25. The Hall–Kier alpha value is -2.73. The van der Waals surface area contributed by atoms with E-state index in [4.69, 9.17) is 21.1 Å². The van der Waals surface area contributed by atoms with Crippen molar-refractivity contribution in [1.82, 2.24) is 9.29 Å². The second-order valence-corrected chi connectivity index (χ2v) is 11.3. The molecule has 1 N–H and O–H groups in total. The lowest BCUT2D eigenvalue weighted by atomic mass is 9.87. The first-order valence-corrected chi connectivity index (χ1v) is 14.1. The van der Waals surface area contributed by atoms with E-state index in [1.165, 1.54) is 6.26 Å². The molecule has 0 spiro atoms. The second kappa shape index (κ2) is 10.9. The van der Waals surface area contributed by atoms with Gasteiger partial charge in [0.2, 0.25) is 10.0 Å². The van der Waals surface area contributed by atoms with Crippen molar-refractivity contribution in [3.63, 3.8) is 0 Å². The average molecular weight is 516 g/mol. The molecule has 0 aliphatic heterocycles. The molecule has 0 unspecified atom stereocenters. The summed E-state index contributed by atoms with van der Waals surface area (Å²) in [6.45, 7) is 3.11. The maximum Gasteiger partial charge on any atom is 0.208 e. The maximum absolute atomic E-state index is 11.4. The molecule has 4 rings (SSSR count). The zero-order chi connectivity index (χ0) is 25.0. The molecule has 7 nitrogen and oxygen atoms in total. The van der Waals surface area contributed by atoms with Crippen LogP contribution in [0.1, 0.15) is 44.6 Å². The molecule has 0 bridgehead atoms. The van der Waals surface area contributed by atoms with E-state index in [0.29, 0.717) is 35.5 Å². The Kier molecular flexibility index (Phi) is 7.90. The van der Waals surface area contributed by atoms with Crippen molar-refractivity contribution in [1.29, 1.82) is 5.26 Å². The van der Waals surface area contributed by atoms with Crippen LogP contribution in [-0.4, -0.2) is 38.5 Å². The van der Waals surface area contributed by atoms with E-state index >= 15 is 0 Å². The van der Waals surface area contributed by atoms with E-state index < -0.39 is 10.0 Å². The van der Waals surface area contributed by atoms with Crippen molar-refractivity contribution in [2.75, 3.05) is 19.5 Å². The van der Waals surface area contributed by atoms with Gasteiger partial charge < -0.3 is 14.0 Å². The Bertz CT molecular complexity index is 1340. The molecule has 0 radical (unpaired) electrons. The van der Waals surface area contributed by atoms with Gasteiger partial charge >= 0.3 is 0 Å². The predicted molar refractivity (Wildman–Crippen MR) is 138 cm³/mol. The van der Waals surface area contributed by atoms with Crippen LogP contribution in [0.15, 0.2) is 42.6 Å². The van der Waals surface area contributed by atoms with Crippen molar-refractivity contribution in [2.45, 2.75) is 45.1 Å². The normalized spacial score (nSPS) is 18.3. The van der Waals surface area contributed by atoms with Gasteiger partial charge in [0.15, 0.2) is 5.75 Å². The summed E-state index contributed by atoms with van der Waals surface area (Å²) in [5.41, 5.74) is 2.18. The Morgan fingerprint density at radius 1 is 1.14 bits per heavy atom. The van der Waals surface area contributed by atoms with Crippen LogP contribution in [0.2, 0.25) is 5.02 Å². The molecule has 0 amide bonds. The molecule has 9 heteroatoms. The monoisotopic (exact) mass is 515 g/mol. The number of hydrogen-bond donors (Lipinski definition) is 1. The van der Waals surface area contributed by atoms with Gasteiger partial charge in [-0.25, -0.2) is 13.1 Å². The Balaban J connectivity index is 1.44. The number of benzene rings is 2. The number of aromatic nitrogens is 1. The van der Waals surface area contributed by atoms with Gasteiger partial charge in [-0.2, -0.15) is 5.26 Å². The fourth-order valence-corrected chi connectivity index (χ4v) is 5.66. The minimum Gasteiger partial charge on any atom is -0.493 e. The highest BCUT2D eigenvalue weighted by atomic mass is 35.5. The van der Waals surface area contributed by atoms with Gasteiger partial charge in [-0.05, 0) is 74.4 Å². The highest BCUT2D eigenvalue weighted by Gasteiger charge is 2.23. The van der Waals surface area contributed by atoms with E-state index in [1.54, 1.807) is 6.07 Å². The second-order valence-electron chi connectivity index (χ2n) is 9.09. The zero-order valence-electron chi connectivity index (χ0n) is 20.0. The van der Waals surface area contributed by atoms with Gasteiger partial charge in [0.05, 0.1) is 35.6 Å². The molecule has 35 heavy (non-hydrogen) atoms. The van der Waals surface area contributed by atoms with E-state index in [1.807, 2.05) is 48.0 Å². The quantitative estimate of drug-likeness (QED) is 0.410. The molecule has 1 saturated carbocycles. The van der Waals surface area contributed by atoms with Gasteiger partial charge in [0.1, 0.15) is 11.8 Å². The van der Waals surface area contributed by atoms with Crippen LogP contribution >= 0.6 is 11.6 Å². The van der Waals surface area contributed by atoms with Gasteiger partial charge in [-0.15, -0.1) is 0 Å². The Morgan fingerprint density at radius 2 is 1.91 bits per heavy atom. The van der Waals surface area contributed by atoms with Crippen LogP contribution < -0.4 is 14.2 Å². The fraction of sp³-hybridized carbons (Fsp3) is 0.423. The summed E-state index contributed by atoms with van der Waals surface area (Å²) in [5, 5.41) is 11.0. The molecule has 1 aromatic heterocycles. The zero-order valence-corrected chi connectivity index (χ0v) is 21.5. The van der Waals surface area contributed by atoms with Crippen LogP contribution in [0.25, 0.3) is 16.6 Å². The highest BCUT2D eigenvalue weighted by Crippen LogP contribution is 2.34. The Labute approximate surface area is 211 Å². The van der Waals surface area contributed by atoms with E-state index in [-0.39, 0.29) is 6.04 Å². The van der Waals surface area contributed by atoms with Gasteiger partial charge in [-0.1, -0.05) is 18.5 Å².